The molecular formula is C68H44N2. The third kappa shape index (κ3) is 4.97. The van der Waals surface area contributed by atoms with E-state index in [9.17, 15) is 0 Å². The van der Waals surface area contributed by atoms with Crippen molar-refractivity contribution in [1.82, 2.24) is 0 Å². The molecule has 15 rings (SSSR count). The summed E-state index contributed by atoms with van der Waals surface area (Å²) in [4.78, 5) is 5.08. The van der Waals surface area contributed by atoms with Crippen molar-refractivity contribution >= 4 is 34.1 Å². The molecule has 11 aromatic rings. The van der Waals surface area contributed by atoms with Crippen LogP contribution in [0.25, 0.3) is 44.5 Å². The predicted octanol–water partition coefficient (Wildman–Crippen LogP) is 17.3. The van der Waals surface area contributed by atoms with Gasteiger partial charge in [0.05, 0.1) is 39.3 Å². The minimum absolute atomic E-state index is 0.491. The van der Waals surface area contributed by atoms with E-state index in [4.69, 9.17) is 0 Å². The Morgan fingerprint density at radius 3 is 1.10 bits per heavy atom. The molecule has 0 saturated carbocycles. The number of nitrogens with zero attached hydrogens (tertiary/aromatic N) is 2. The number of benzene rings is 11. The van der Waals surface area contributed by atoms with Crippen molar-refractivity contribution in [3.63, 3.8) is 0 Å². The third-order valence-electron chi connectivity index (χ3n) is 15.9. The molecule has 1 heterocycles. The molecule has 1 aliphatic heterocycles. The summed E-state index contributed by atoms with van der Waals surface area (Å²) < 4.78 is 0. The summed E-state index contributed by atoms with van der Waals surface area (Å²) in [6, 6.07) is 99.8. The molecule has 0 radical (unpaired) electrons. The van der Waals surface area contributed by atoms with Gasteiger partial charge in [0.25, 0.3) is 0 Å². The van der Waals surface area contributed by atoms with E-state index in [-0.39, 0.29) is 0 Å². The lowest BCUT2D eigenvalue weighted by molar-refractivity contribution is 0.752. The fourth-order valence-corrected chi connectivity index (χ4v) is 13.4. The van der Waals surface area contributed by atoms with E-state index in [0.717, 1.165) is 22.7 Å². The summed E-state index contributed by atoms with van der Waals surface area (Å²) in [5, 5.41) is 0. The molecule has 11 aromatic carbocycles. The van der Waals surface area contributed by atoms with E-state index < -0.39 is 10.8 Å². The van der Waals surface area contributed by atoms with Crippen LogP contribution in [0.3, 0.4) is 0 Å². The summed E-state index contributed by atoms with van der Waals surface area (Å²) in [6.45, 7) is 0. The normalized spacial score (nSPS) is 14.2. The van der Waals surface area contributed by atoms with Gasteiger partial charge in [-0.2, -0.15) is 0 Å². The van der Waals surface area contributed by atoms with Crippen molar-refractivity contribution in [2.75, 3.05) is 9.80 Å². The maximum atomic E-state index is 2.62. The number of fused-ring (bicyclic) bond motifs is 19. The Kier molecular flexibility index (Phi) is 8.24. The molecule has 326 valence electrons. The molecule has 0 atom stereocenters. The van der Waals surface area contributed by atoms with Crippen LogP contribution in [0.15, 0.2) is 267 Å². The van der Waals surface area contributed by atoms with Crippen LogP contribution in [-0.4, -0.2) is 0 Å². The second-order valence-electron chi connectivity index (χ2n) is 19.0. The number of anilines is 6. The van der Waals surface area contributed by atoms with E-state index >= 15 is 0 Å². The Labute approximate surface area is 408 Å². The average molecular weight is 889 g/mol. The Morgan fingerprint density at radius 1 is 0.243 bits per heavy atom. The van der Waals surface area contributed by atoms with Crippen LogP contribution in [0.1, 0.15) is 44.5 Å². The first-order chi connectivity index (χ1) is 34.8. The molecule has 70 heavy (non-hydrogen) atoms. The topological polar surface area (TPSA) is 6.48 Å². The predicted molar refractivity (Wildman–Crippen MR) is 288 cm³/mol. The van der Waals surface area contributed by atoms with E-state index in [0.29, 0.717) is 0 Å². The zero-order valence-corrected chi connectivity index (χ0v) is 38.3. The highest BCUT2D eigenvalue weighted by molar-refractivity contribution is 6.06. The van der Waals surface area contributed by atoms with Crippen LogP contribution in [0.5, 0.6) is 0 Å². The molecule has 0 fully saturated rings. The first-order valence-electron chi connectivity index (χ1n) is 24.4. The van der Waals surface area contributed by atoms with E-state index in [1.807, 2.05) is 0 Å². The zero-order chi connectivity index (χ0) is 46.0. The Morgan fingerprint density at radius 2 is 0.586 bits per heavy atom. The van der Waals surface area contributed by atoms with Crippen LogP contribution < -0.4 is 9.80 Å². The molecular weight excluding hydrogens is 845 g/mol. The lowest BCUT2D eigenvalue weighted by atomic mass is 9.64. The van der Waals surface area contributed by atoms with Crippen LogP contribution in [0.2, 0.25) is 0 Å². The largest absolute Gasteiger partial charge is 0.310 e. The minimum Gasteiger partial charge on any atom is -0.310 e. The quantitative estimate of drug-likeness (QED) is 0.170. The molecule has 2 nitrogen and oxygen atoms in total. The maximum absolute atomic E-state index is 2.62. The summed E-state index contributed by atoms with van der Waals surface area (Å²) in [7, 11) is 0. The molecule has 0 unspecified atom stereocenters. The molecule has 0 bridgehead atoms. The lowest BCUT2D eigenvalue weighted by Crippen LogP contribution is -2.36. The minimum atomic E-state index is -0.614. The molecule has 0 N–H and O–H groups in total. The van der Waals surface area contributed by atoms with Crippen LogP contribution in [0, 0.1) is 0 Å². The average Bonchev–Trinajstić information content (AvgIpc) is 4.03. The standard InChI is InChI=1S/C68H44N2/c1-3-23-45(24-4-1)47-27-11-18-40-60(47)70(63-43-21-38-58-65(63)50-30-9-14-34-54(50)67(58)52-32-12-7-28-48(52)49-29-8-13-33-53(49)67)64-44-22-39-59-66(64)51-31-10-15-35-55(51)68(59)56-36-16-19-41-61(56)69(46-25-5-2-6-26-46)62-42-20-17-37-57(62)68/h1-44H. The van der Waals surface area contributed by atoms with E-state index in [1.165, 1.54) is 100 Å². The van der Waals surface area contributed by atoms with Crippen LogP contribution in [0.4, 0.5) is 34.1 Å². The molecule has 0 saturated heterocycles. The third-order valence-corrected chi connectivity index (χ3v) is 15.9. The SMILES string of the molecule is c1ccc(-c2ccccc2N(c2cccc3c2-c2ccccc2C32c3ccccc3-c3ccccc32)c2cccc3c2-c2ccccc2C32c3ccccc3N(c3ccccc3)c3ccccc32)cc1. The summed E-state index contributed by atoms with van der Waals surface area (Å²) in [5.41, 5.74) is 26.2. The van der Waals surface area contributed by atoms with Crippen molar-refractivity contribution in [3.05, 3.63) is 311 Å². The van der Waals surface area contributed by atoms with Gasteiger partial charge in [-0.15, -0.1) is 0 Å². The van der Waals surface area contributed by atoms with Gasteiger partial charge in [0.2, 0.25) is 0 Å². The highest BCUT2D eigenvalue weighted by Crippen LogP contribution is 2.68. The number of rotatable bonds is 5. The van der Waals surface area contributed by atoms with Gasteiger partial charge in [0.15, 0.2) is 0 Å². The van der Waals surface area contributed by atoms with Crippen molar-refractivity contribution in [3.8, 4) is 44.5 Å². The van der Waals surface area contributed by atoms with Gasteiger partial charge >= 0.3 is 0 Å². The lowest BCUT2D eigenvalue weighted by Gasteiger charge is -2.45. The van der Waals surface area contributed by atoms with Gasteiger partial charge in [-0.1, -0.05) is 224 Å². The monoisotopic (exact) mass is 888 g/mol. The first-order valence-corrected chi connectivity index (χ1v) is 24.4. The maximum Gasteiger partial charge on any atom is 0.0755 e. The highest BCUT2D eigenvalue weighted by Gasteiger charge is 2.54. The number of para-hydroxylation sites is 4. The Hall–Kier alpha value is -8.98. The summed E-state index contributed by atoms with van der Waals surface area (Å²) in [6.07, 6.45) is 0. The highest BCUT2D eigenvalue weighted by atomic mass is 15.2. The first kappa shape index (κ1) is 39.1. The second-order valence-corrected chi connectivity index (χ2v) is 19.0. The van der Waals surface area contributed by atoms with Gasteiger partial charge in [-0.25, -0.2) is 0 Å². The number of hydrogen-bond donors (Lipinski definition) is 0. The molecule has 2 spiro atoms. The summed E-state index contributed by atoms with van der Waals surface area (Å²) >= 11 is 0. The van der Waals surface area contributed by atoms with E-state index in [2.05, 4.69) is 277 Å². The van der Waals surface area contributed by atoms with Crippen LogP contribution >= 0.6 is 0 Å². The van der Waals surface area contributed by atoms with Crippen molar-refractivity contribution in [2.24, 2.45) is 0 Å². The van der Waals surface area contributed by atoms with E-state index in [1.54, 1.807) is 0 Å². The van der Waals surface area contributed by atoms with Crippen molar-refractivity contribution in [1.29, 1.82) is 0 Å². The second kappa shape index (κ2) is 14.8. The molecule has 0 amide bonds. The fourth-order valence-electron chi connectivity index (χ4n) is 13.4. The Bertz CT molecular complexity index is 3830. The molecule has 4 aliphatic rings. The molecule has 3 aliphatic carbocycles. The Balaban J connectivity index is 1.06. The van der Waals surface area contributed by atoms with Gasteiger partial charge in [-0.3, -0.25) is 0 Å². The fraction of sp³-hybridized carbons (Fsp3) is 0.0294. The van der Waals surface area contributed by atoms with Gasteiger partial charge in [0, 0.05) is 22.4 Å². The van der Waals surface area contributed by atoms with Gasteiger partial charge < -0.3 is 9.80 Å². The van der Waals surface area contributed by atoms with Gasteiger partial charge in [0.1, 0.15) is 0 Å². The molecule has 0 aromatic heterocycles. The zero-order valence-electron chi connectivity index (χ0n) is 38.3. The smallest absolute Gasteiger partial charge is 0.0755 e. The molecule has 2 heteroatoms. The van der Waals surface area contributed by atoms with Crippen LogP contribution in [-0.2, 0) is 10.8 Å². The number of hydrogen-bond acceptors (Lipinski definition) is 2. The summed E-state index contributed by atoms with van der Waals surface area (Å²) in [5.74, 6) is 0. The van der Waals surface area contributed by atoms with Gasteiger partial charge in [-0.05, 0) is 115 Å². The van der Waals surface area contributed by atoms with Crippen molar-refractivity contribution in [2.45, 2.75) is 10.8 Å². The van der Waals surface area contributed by atoms with Crippen molar-refractivity contribution < 1.29 is 0 Å².